The average Bonchev–Trinajstić information content (AvgIpc) is 3.05. The zero-order chi connectivity index (χ0) is 13.7. The van der Waals surface area contributed by atoms with Crippen LogP contribution in [0, 0.1) is 0 Å². The molecule has 2 aromatic rings. The number of hydrogen-bond donors (Lipinski definition) is 2. The van der Waals surface area contributed by atoms with Crippen LogP contribution in [0.4, 0.5) is 5.13 Å². The van der Waals surface area contributed by atoms with Crippen molar-refractivity contribution in [1.82, 2.24) is 4.98 Å². The summed E-state index contributed by atoms with van der Waals surface area (Å²) >= 11 is 4.73. The Morgan fingerprint density at radius 2 is 2.42 bits per heavy atom. The van der Waals surface area contributed by atoms with Crippen LogP contribution in [-0.2, 0) is 4.79 Å². The zero-order valence-electron chi connectivity index (χ0n) is 10.5. The quantitative estimate of drug-likeness (QED) is 0.860. The van der Waals surface area contributed by atoms with Gasteiger partial charge < -0.3 is 11.1 Å². The maximum absolute atomic E-state index is 11.8. The van der Waals surface area contributed by atoms with Crippen LogP contribution < -0.4 is 11.1 Å². The molecule has 0 spiro atoms. The highest BCUT2D eigenvalue weighted by Gasteiger charge is 2.15. The van der Waals surface area contributed by atoms with Gasteiger partial charge in [-0.2, -0.15) is 11.8 Å². The van der Waals surface area contributed by atoms with Gasteiger partial charge in [0.2, 0.25) is 5.91 Å². The second-order valence-corrected chi connectivity index (χ2v) is 6.68. The number of rotatable bonds is 6. The first-order valence-corrected chi connectivity index (χ1v) is 8.91. The van der Waals surface area contributed by atoms with Crippen LogP contribution >= 0.6 is 34.4 Å². The van der Waals surface area contributed by atoms with Crippen molar-refractivity contribution in [2.45, 2.75) is 12.5 Å². The molecule has 0 fully saturated rings. The number of amides is 1. The molecule has 0 aliphatic rings. The minimum absolute atomic E-state index is 0.166. The predicted octanol–water partition coefficient (Wildman–Crippen LogP) is 2.89. The topological polar surface area (TPSA) is 68.0 Å². The van der Waals surface area contributed by atoms with Crippen LogP contribution in [0.25, 0.3) is 10.6 Å². The van der Waals surface area contributed by atoms with Crippen LogP contribution in [0.2, 0.25) is 0 Å². The number of anilines is 1. The monoisotopic (exact) mass is 313 g/mol. The molecular weight excluding hydrogens is 298 g/mol. The molecule has 0 radical (unpaired) electrons. The lowest BCUT2D eigenvalue weighted by atomic mass is 10.2. The average molecular weight is 313 g/mol. The van der Waals surface area contributed by atoms with Crippen molar-refractivity contribution in [3.05, 3.63) is 22.9 Å². The van der Waals surface area contributed by atoms with E-state index in [1.165, 1.54) is 11.3 Å². The Balaban J connectivity index is 1.94. The Morgan fingerprint density at radius 1 is 1.58 bits per heavy atom. The molecule has 0 aliphatic heterocycles. The number of nitrogens with one attached hydrogen (secondary N) is 1. The molecule has 1 atom stereocenters. The van der Waals surface area contributed by atoms with Gasteiger partial charge in [0.05, 0.1) is 16.6 Å². The first-order chi connectivity index (χ1) is 9.20. The molecule has 3 N–H and O–H groups in total. The smallest absolute Gasteiger partial charge is 0.243 e. The minimum Gasteiger partial charge on any atom is -0.320 e. The highest BCUT2D eigenvalue weighted by Crippen LogP contribution is 2.28. The first kappa shape index (κ1) is 14.5. The lowest BCUT2D eigenvalue weighted by Gasteiger charge is -2.09. The van der Waals surface area contributed by atoms with E-state index in [2.05, 4.69) is 10.3 Å². The molecule has 0 bridgehead atoms. The lowest BCUT2D eigenvalue weighted by molar-refractivity contribution is -0.117. The Labute approximate surface area is 124 Å². The molecule has 0 aliphatic carbocycles. The van der Waals surface area contributed by atoms with E-state index in [1.807, 2.05) is 29.1 Å². The molecule has 102 valence electrons. The maximum Gasteiger partial charge on any atom is 0.243 e. The molecule has 4 nitrogen and oxygen atoms in total. The van der Waals surface area contributed by atoms with Crippen LogP contribution in [0.15, 0.2) is 22.9 Å². The summed E-state index contributed by atoms with van der Waals surface area (Å²) in [6.45, 7) is 0. The summed E-state index contributed by atoms with van der Waals surface area (Å²) in [5.41, 5.74) is 6.70. The van der Waals surface area contributed by atoms with Crippen molar-refractivity contribution < 1.29 is 4.79 Å². The zero-order valence-corrected chi connectivity index (χ0v) is 12.9. The van der Waals surface area contributed by atoms with E-state index in [0.717, 1.165) is 16.3 Å². The van der Waals surface area contributed by atoms with Gasteiger partial charge in [-0.05, 0) is 29.9 Å². The summed E-state index contributed by atoms with van der Waals surface area (Å²) in [5, 5.41) is 7.32. The molecular formula is C12H15N3OS3. The summed E-state index contributed by atoms with van der Waals surface area (Å²) in [4.78, 5) is 17.3. The van der Waals surface area contributed by atoms with E-state index in [-0.39, 0.29) is 5.91 Å². The number of hydrogen-bond acceptors (Lipinski definition) is 6. The summed E-state index contributed by atoms with van der Waals surface area (Å²) in [7, 11) is 0. The molecule has 0 saturated carbocycles. The second-order valence-electron chi connectivity index (χ2n) is 3.89. The van der Waals surface area contributed by atoms with Crippen molar-refractivity contribution in [2.75, 3.05) is 17.3 Å². The van der Waals surface area contributed by atoms with E-state index in [9.17, 15) is 4.79 Å². The number of carbonyl (C=O) groups excluding carboxylic acids is 1. The first-order valence-electron chi connectivity index (χ1n) is 5.75. The largest absolute Gasteiger partial charge is 0.320 e. The number of thioether (sulfide) groups is 1. The molecule has 0 saturated heterocycles. The standard InChI is InChI=1S/C12H15N3OS3/c1-17-6-4-8(13)11(16)15-12-14-9(7-19-12)10-3-2-5-18-10/h2-3,5,7-8H,4,6,13H2,1H3,(H,14,15,16)/t8-/m0/s1. The van der Waals surface area contributed by atoms with Crippen LogP contribution in [-0.4, -0.2) is 28.9 Å². The summed E-state index contributed by atoms with van der Waals surface area (Å²) in [5.74, 6) is 0.716. The molecule has 7 heteroatoms. The third-order valence-electron chi connectivity index (χ3n) is 2.48. The van der Waals surface area contributed by atoms with Crippen molar-refractivity contribution in [3.63, 3.8) is 0 Å². The SMILES string of the molecule is CSCC[C@H](N)C(=O)Nc1nc(-c2cccs2)cs1. The normalized spacial score (nSPS) is 12.3. The summed E-state index contributed by atoms with van der Waals surface area (Å²) in [6, 6.07) is 3.52. The van der Waals surface area contributed by atoms with Crippen LogP contribution in [0.5, 0.6) is 0 Å². The lowest BCUT2D eigenvalue weighted by Crippen LogP contribution is -2.36. The number of nitrogens with zero attached hydrogens (tertiary/aromatic N) is 1. The fourth-order valence-electron chi connectivity index (χ4n) is 1.44. The Hall–Kier alpha value is -0.890. The van der Waals surface area contributed by atoms with Gasteiger partial charge in [0.25, 0.3) is 0 Å². The summed E-state index contributed by atoms with van der Waals surface area (Å²) < 4.78 is 0. The van der Waals surface area contributed by atoms with Crippen molar-refractivity contribution in [3.8, 4) is 10.6 Å². The number of nitrogens with two attached hydrogens (primary N) is 1. The van der Waals surface area contributed by atoms with Gasteiger partial charge in [-0.3, -0.25) is 4.79 Å². The maximum atomic E-state index is 11.8. The highest BCUT2D eigenvalue weighted by molar-refractivity contribution is 7.98. The summed E-state index contributed by atoms with van der Waals surface area (Å²) in [6.07, 6.45) is 2.68. The van der Waals surface area contributed by atoms with Crippen molar-refractivity contribution >= 4 is 45.5 Å². The number of thiazole rings is 1. The fraction of sp³-hybridized carbons (Fsp3) is 0.333. The van der Waals surface area contributed by atoms with E-state index in [0.29, 0.717) is 11.6 Å². The second kappa shape index (κ2) is 7.04. The van der Waals surface area contributed by atoms with Gasteiger partial charge in [0, 0.05) is 5.38 Å². The Kier molecular flexibility index (Phi) is 5.38. The number of carbonyl (C=O) groups is 1. The molecule has 2 aromatic heterocycles. The van der Waals surface area contributed by atoms with Gasteiger partial charge in [-0.15, -0.1) is 22.7 Å². The fourth-order valence-corrected chi connectivity index (χ4v) is 3.41. The molecule has 1 amide bonds. The minimum atomic E-state index is -0.471. The molecule has 0 unspecified atom stereocenters. The van der Waals surface area contributed by atoms with E-state index < -0.39 is 6.04 Å². The van der Waals surface area contributed by atoms with Crippen molar-refractivity contribution in [2.24, 2.45) is 5.73 Å². The van der Waals surface area contributed by atoms with Gasteiger partial charge in [0.1, 0.15) is 0 Å². The van der Waals surface area contributed by atoms with E-state index in [4.69, 9.17) is 5.73 Å². The highest BCUT2D eigenvalue weighted by atomic mass is 32.2. The third-order valence-corrected chi connectivity index (χ3v) is 4.77. The van der Waals surface area contributed by atoms with Gasteiger partial charge >= 0.3 is 0 Å². The van der Waals surface area contributed by atoms with Crippen molar-refractivity contribution in [1.29, 1.82) is 0 Å². The van der Waals surface area contributed by atoms with Crippen LogP contribution in [0.1, 0.15) is 6.42 Å². The number of aromatic nitrogens is 1. The predicted molar refractivity (Wildman–Crippen MR) is 85.0 cm³/mol. The number of thiophene rings is 1. The van der Waals surface area contributed by atoms with E-state index in [1.54, 1.807) is 23.1 Å². The molecule has 19 heavy (non-hydrogen) atoms. The van der Waals surface area contributed by atoms with Gasteiger partial charge in [-0.25, -0.2) is 4.98 Å². The molecule has 0 aromatic carbocycles. The molecule has 2 rings (SSSR count). The Morgan fingerprint density at radius 3 is 3.11 bits per heavy atom. The molecule has 2 heterocycles. The third kappa shape index (κ3) is 4.04. The van der Waals surface area contributed by atoms with Gasteiger partial charge in [0.15, 0.2) is 5.13 Å². The van der Waals surface area contributed by atoms with Crippen LogP contribution in [0.3, 0.4) is 0 Å². The van der Waals surface area contributed by atoms with E-state index >= 15 is 0 Å². The van der Waals surface area contributed by atoms with Gasteiger partial charge in [-0.1, -0.05) is 6.07 Å². The Bertz CT molecular complexity index is 524.